The largest absolute Gasteiger partial charge is 0.497 e. The Morgan fingerprint density at radius 2 is 1.89 bits per heavy atom. The average Bonchev–Trinajstić information content (AvgIpc) is 4.06. The molecule has 0 unspecified atom stereocenters. The first-order valence-corrected chi connectivity index (χ1v) is 20.3. The van der Waals surface area contributed by atoms with Crippen molar-refractivity contribution in [2.75, 3.05) is 13.7 Å². The summed E-state index contributed by atoms with van der Waals surface area (Å²) < 4.78 is 40.1. The summed E-state index contributed by atoms with van der Waals surface area (Å²) in [5.74, 6) is -0.786. The summed E-state index contributed by atoms with van der Waals surface area (Å²) in [4.78, 5) is 61.2. The molecule has 4 N–H and O–H groups in total. The smallest absolute Gasteiger partial charge is 0.405 e. The van der Waals surface area contributed by atoms with E-state index < -0.39 is 67.7 Å². The number of rotatable bonds is 6. The van der Waals surface area contributed by atoms with Crippen LogP contribution in [0.25, 0.3) is 10.9 Å². The fraction of sp³-hybridized carbons (Fsp3) is 0.605. The fourth-order valence-electron chi connectivity index (χ4n) is 8.44. The van der Waals surface area contributed by atoms with Gasteiger partial charge in [0.1, 0.15) is 34.7 Å². The lowest BCUT2D eigenvalue weighted by Gasteiger charge is -2.37. The predicted molar refractivity (Wildman–Crippen MR) is 193 cm³/mol. The number of hydrogen-bond acceptors (Lipinski definition) is 9. The van der Waals surface area contributed by atoms with Gasteiger partial charge in [-0.1, -0.05) is 25.0 Å². The van der Waals surface area contributed by atoms with Crippen LogP contribution in [-0.4, -0.2) is 88.8 Å². The second kappa shape index (κ2) is 12.9. The van der Waals surface area contributed by atoms with Crippen LogP contribution in [0.3, 0.4) is 0 Å². The van der Waals surface area contributed by atoms with Gasteiger partial charge in [-0.3, -0.25) is 19.1 Å². The van der Waals surface area contributed by atoms with E-state index in [0.717, 1.165) is 47.8 Å². The first-order valence-electron chi connectivity index (χ1n) is 18.8. The second-order valence-electron chi connectivity index (χ2n) is 16.2. The molecule has 8 rings (SSSR count). The Morgan fingerprint density at radius 3 is 2.60 bits per heavy atom. The molecule has 3 saturated carbocycles. The van der Waals surface area contributed by atoms with Crippen molar-refractivity contribution in [1.29, 1.82) is 0 Å². The van der Waals surface area contributed by atoms with Crippen molar-refractivity contribution in [3.05, 3.63) is 41.6 Å². The van der Waals surface area contributed by atoms with Crippen molar-refractivity contribution in [2.24, 2.45) is 5.92 Å². The monoisotopic (exact) mass is 749 g/mol. The number of nitrogens with zero attached hydrogens (tertiary/aromatic N) is 2. The van der Waals surface area contributed by atoms with Gasteiger partial charge < -0.3 is 30.1 Å². The highest BCUT2D eigenvalue weighted by Crippen LogP contribution is 2.52. The number of allylic oxidation sites excluding steroid dienone is 1. The van der Waals surface area contributed by atoms with Crippen molar-refractivity contribution in [3.63, 3.8) is 0 Å². The zero-order valence-corrected chi connectivity index (χ0v) is 30.9. The molecule has 3 aliphatic carbocycles. The predicted octanol–water partition coefficient (Wildman–Crippen LogP) is 3.82. The first kappa shape index (κ1) is 35.6. The van der Waals surface area contributed by atoms with E-state index in [1.54, 1.807) is 14.0 Å². The number of pyridine rings is 1. The average molecular weight is 750 g/mol. The molecule has 284 valence electrons. The number of aryl methyl sites for hydroxylation is 1. The van der Waals surface area contributed by atoms with E-state index in [0.29, 0.717) is 50.0 Å². The van der Waals surface area contributed by atoms with Gasteiger partial charge in [0.2, 0.25) is 21.8 Å². The fourth-order valence-corrected chi connectivity index (χ4v) is 9.76. The third-order valence-corrected chi connectivity index (χ3v) is 14.5. The Morgan fingerprint density at radius 1 is 1.09 bits per heavy atom. The molecular weight excluding hydrogens is 703 g/mol. The molecule has 1 aromatic heterocycles. The number of sulfonamides is 1. The van der Waals surface area contributed by atoms with Crippen LogP contribution in [-0.2, 0) is 30.8 Å². The van der Waals surface area contributed by atoms with Crippen molar-refractivity contribution in [2.45, 2.75) is 124 Å². The molecule has 4 heterocycles. The number of methoxy groups -OCH3 is 1. The molecule has 15 heteroatoms. The van der Waals surface area contributed by atoms with Gasteiger partial charge >= 0.3 is 6.09 Å². The lowest BCUT2D eigenvalue weighted by Crippen LogP contribution is -2.58. The van der Waals surface area contributed by atoms with E-state index in [1.807, 2.05) is 30.4 Å². The Bertz CT molecular complexity index is 2030. The molecular formula is C38H47N5O9S. The van der Waals surface area contributed by atoms with E-state index in [2.05, 4.69) is 15.4 Å². The van der Waals surface area contributed by atoms with E-state index >= 15 is 0 Å². The quantitative estimate of drug-likeness (QED) is 0.316. The number of carboxylic acid groups (broad SMARTS) is 1. The molecule has 6 aliphatic rings. The maximum Gasteiger partial charge on any atom is 0.405 e. The first-order chi connectivity index (χ1) is 25.3. The van der Waals surface area contributed by atoms with E-state index in [4.69, 9.17) is 14.5 Å². The summed E-state index contributed by atoms with van der Waals surface area (Å²) >= 11 is 0. The summed E-state index contributed by atoms with van der Waals surface area (Å²) in [5.41, 5.74) is 0.189. The van der Waals surface area contributed by atoms with Crippen LogP contribution < -0.4 is 24.8 Å². The van der Waals surface area contributed by atoms with E-state index in [1.165, 1.54) is 4.90 Å². The Hall–Kier alpha value is -4.40. The van der Waals surface area contributed by atoms with Crippen molar-refractivity contribution >= 4 is 44.7 Å². The molecule has 14 nitrogen and oxygen atoms in total. The molecule has 4 fully saturated rings. The van der Waals surface area contributed by atoms with Crippen LogP contribution in [0.15, 0.2) is 30.4 Å². The zero-order valence-electron chi connectivity index (χ0n) is 30.1. The number of aromatic nitrogens is 1. The number of ether oxygens (including phenoxy) is 2. The van der Waals surface area contributed by atoms with Gasteiger partial charge in [-0.05, 0) is 89.3 Å². The Labute approximate surface area is 308 Å². The minimum absolute atomic E-state index is 0.0245. The van der Waals surface area contributed by atoms with Gasteiger partial charge in [-0.25, -0.2) is 18.2 Å². The van der Waals surface area contributed by atoms with Crippen LogP contribution in [0.1, 0.15) is 101 Å². The maximum atomic E-state index is 14.6. The van der Waals surface area contributed by atoms with E-state index in [-0.39, 0.29) is 31.7 Å². The van der Waals surface area contributed by atoms with Crippen LogP contribution in [0.2, 0.25) is 0 Å². The number of nitrogens with one attached hydrogen (secondary N) is 3. The van der Waals surface area contributed by atoms with Crippen LogP contribution >= 0.6 is 0 Å². The van der Waals surface area contributed by atoms with Gasteiger partial charge in [0.15, 0.2) is 0 Å². The minimum atomic E-state index is -3.99. The summed E-state index contributed by atoms with van der Waals surface area (Å²) in [5, 5.41) is 16.0. The highest BCUT2D eigenvalue weighted by atomic mass is 32.2. The highest BCUT2D eigenvalue weighted by molar-refractivity contribution is 7.91. The topological polar surface area (TPSA) is 193 Å². The van der Waals surface area contributed by atoms with Crippen molar-refractivity contribution in [3.8, 4) is 11.5 Å². The molecule has 5 atom stereocenters. The lowest BCUT2D eigenvalue weighted by molar-refractivity contribution is -0.141. The van der Waals surface area contributed by atoms with Crippen molar-refractivity contribution < 1.29 is 42.2 Å². The Balaban J connectivity index is 1.15. The number of hydrogen-bond donors (Lipinski definition) is 4. The number of carbonyl (C=O) groups is 4. The van der Waals surface area contributed by atoms with Gasteiger partial charge in [0, 0.05) is 29.2 Å². The molecule has 1 spiro atoms. The normalized spacial score (nSPS) is 30.8. The van der Waals surface area contributed by atoms with Crippen LogP contribution in [0.5, 0.6) is 11.5 Å². The van der Waals surface area contributed by atoms with Gasteiger partial charge in [-0.15, -0.1) is 0 Å². The van der Waals surface area contributed by atoms with Gasteiger partial charge in [-0.2, -0.15) is 0 Å². The number of amides is 4. The second-order valence-corrected chi connectivity index (χ2v) is 18.4. The minimum Gasteiger partial charge on any atom is -0.497 e. The van der Waals surface area contributed by atoms with Crippen LogP contribution in [0.4, 0.5) is 4.79 Å². The van der Waals surface area contributed by atoms with Crippen molar-refractivity contribution in [1.82, 2.24) is 25.2 Å². The third-order valence-electron chi connectivity index (χ3n) is 12.3. The molecule has 1 saturated heterocycles. The number of carbonyl (C=O) groups excluding carboxylic acids is 3. The SMILES string of the molecule is COc1ccc2nc(C3CC3)c3c(c2c1)CC[C@@]1(C[C@H]2C(=O)N[C@]4(C(=O)NS(=O)(=O)C5(C)CC5)C[C@H]4C=CCCCCC[C@H](NC(=O)O)C(=O)N2C1)O3. The summed E-state index contributed by atoms with van der Waals surface area (Å²) in [6.07, 6.45) is 9.70. The Kier molecular flexibility index (Phi) is 8.65. The molecule has 0 bridgehead atoms. The molecule has 3 aliphatic heterocycles. The highest BCUT2D eigenvalue weighted by Gasteiger charge is 2.64. The van der Waals surface area contributed by atoms with Crippen LogP contribution in [0, 0.1) is 5.92 Å². The summed E-state index contributed by atoms with van der Waals surface area (Å²) in [7, 11) is -2.38. The molecule has 4 amide bonds. The van der Waals surface area contributed by atoms with Gasteiger partial charge in [0.05, 0.1) is 29.6 Å². The number of fused-ring (bicyclic) bond motifs is 5. The summed E-state index contributed by atoms with van der Waals surface area (Å²) in [6.45, 7) is 1.62. The summed E-state index contributed by atoms with van der Waals surface area (Å²) in [6, 6.07) is 3.57. The number of benzene rings is 1. The van der Waals surface area contributed by atoms with E-state index in [9.17, 15) is 32.7 Å². The van der Waals surface area contributed by atoms with Gasteiger partial charge in [0.25, 0.3) is 5.91 Å². The zero-order chi connectivity index (χ0) is 37.3. The molecule has 0 radical (unpaired) electrons. The molecule has 1 aromatic carbocycles. The standard InChI is InChI=1S/C38H47N5O9S/c1-36(16-17-36)53(49,50)42-34(46)38-19-23(38)8-6-4-3-5-7-9-28(40-35(47)48)33(45)43-21-37(20-29(43)32(44)41-38)15-14-25-26-18-24(51-2)12-13-27(26)39-30(22-10-11-22)31(25)52-37/h6,8,12-13,18,22-23,28-29,40H,3-5,7,9-11,14-17,19-21H2,1-2H3,(H,41,44)(H,42,46)(H,47,48)/t23-,28+,29+,37+,38-/m1/s1. The lowest BCUT2D eigenvalue weighted by atomic mass is 9.86. The maximum absolute atomic E-state index is 14.6. The molecule has 2 aromatic rings. The molecule has 53 heavy (non-hydrogen) atoms. The third kappa shape index (κ3) is 6.48.